The Labute approximate surface area is 100 Å². The molecule has 2 atom stereocenters. The zero-order valence-corrected chi connectivity index (χ0v) is 9.84. The fourth-order valence-electron chi connectivity index (χ4n) is 1.91. The van der Waals surface area contributed by atoms with Crippen LogP contribution in [0.4, 0.5) is 11.6 Å². The summed E-state index contributed by atoms with van der Waals surface area (Å²) in [5.74, 6) is 6.81. The standard InChI is InChI=1S/C11H18N4O2/c1-8-7-17-9(6-16)5-15(8)11-4-2-3-10(13-11)14-12/h2-4,8-9,16H,5-7,12H2,1H3,(H,13,14). The van der Waals surface area contributed by atoms with E-state index in [-0.39, 0.29) is 18.8 Å². The summed E-state index contributed by atoms with van der Waals surface area (Å²) in [7, 11) is 0. The third-order valence-corrected chi connectivity index (χ3v) is 2.89. The van der Waals surface area contributed by atoms with Crippen molar-refractivity contribution in [1.29, 1.82) is 0 Å². The second-order valence-corrected chi connectivity index (χ2v) is 4.16. The summed E-state index contributed by atoms with van der Waals surface area (Å²) in [6.07, 6.45) is -0.150. The van der Waals surface area contributed by atoms with Crippen LogP contribution in [-0.4, -0.2) is 42.0 Å². The highest BCUT2D eigenvalue weighted by Crippen LogP contribution is 2.20. The Morgan fingerprint density at radius 1 is 1.65 bits per heavy atom. The van der Waals surface area contributed by atoms with Crippen molar-refractivity contribution < 1.29 is 9.84 Å². The number of pyridine rings is 1. The zero-order chi connectivity index (χ0) is 12.3. The van der Waals surface area contributed by atoms with Crippen LogP contribution in [0.15, 0.2) is 18.2 Å². The molecule has 0 aromatic carbocycles. The highest BCUT2D eigenvalue weighted by molar-refractivity contribution is 5.47. The highest BCUT2D eigenvalue weighted by Gasteiger charge is 2.26. The van der Waals surface area contributed by atoms with Crippen LogP contribution >= 0.6 is 0 Å². The number of ether oxygens (including phenoxy) is 1. The molecule has 2 unspecified atom stereocenters. The predicted octanol–water partition coefficient (Wildman–Crippen LogP) is -0.0468. The van der Waals surface area contributed by atoms with Gasteiger partial charge in [-0.3, -0.25) is 0 Å². The molecule has 0 amide bonds. The number of nitrogens with two attached hydrogens (primary N) is 1. The van der Waals surface area contributed by atoms with Crippen molar-refractivity contribution in [2.45, 2.75) is 19.1 Å². The van der Waals surface area contributed by atoms with Crippen molar-refractivity contribution >= 4 is 11.6 Å². The van der Waals surface area contributed by atoms with Gasteiger partial charge in [0.05, 0.1) is 25.4 Å². The second-order valence-electron chi connectivity index (χ2n) is 4.16. The number of nitrogens with zero attached hydrogens (tertiary/aromatic N) is 2. The molecule has 4 N–H and O–H groups in total. The summed E-state index contributed by atoms with van der Waals surface area (Å²) in [6.45, 7) is 3.32. The van der Waals surface area contributed by atoms with E-state index in [0.29, 0.717) is 19.0 Å². The Bertz CT molecular complexity index is 374. The predicted molar refractivity (Wildman–Crippen MR) is 65.7 cm³/mol. The van der Waals surface area contributed by atoms with E-state index in [9.17, 15) is 0 Å². The molecule has 0 bridgehead atoms. The number of rotatable bonds is 3. The third-order valence-electron chi connectivity index (χ3n) is 2.89. The molecule has 0 spiro atoms. The van der Waals surface area contributed by atoms with Crippen LogP contribution in [0.5, 0.6) is 0 Å². The first-order valence-corrected chi connectivity index (χ1v) is 5.67. The minimum Gasteiger partial charge on any atom is -0.394 e. The van der Waals surface area contributed by atoms with E-state index in [2.05, 4.69) is 22.2 Å². The summed E-state index contributed by atoms with van der Waals surface area (Å²) >= 11 is 0. The van der Waals surface area contributed by atoms with Gasteiger partial charge in [0, 0.05) is 6.54 Å². The lowest BCUT2D eigenvalue weighted by molar-refractivity contribution is -0.0105. The first-order chi connectivity index (χ1) is 8.24. The minimum atomic E-state index is -0.150. The van der Waals surface area contributed by atoms with Crippen LogP contribution in [0.3, 0.4) is 0 Å². The van der Waals surface area contributed by atoms with E-state index in [4.69, 9.17) is 15.7 Å². The molecule has 1 aromatic heterocycles. The van der Waals surface area contributed by atoms with E-state index in [1.165, 1.54) is 0 Å². The number of aromatic nitrogens is 1. The van der Waals surface area contributed by atoms with Crippen LogP contribution in [0.25, 0.3) is 0 Å². The largest absolute Gasteiger partial charge is 0.394 e. The van der Waals surface area contributed by atoms with Crippen molar-refractivity contribution in [3.05, 3.63) is 18.2 Å². The molecule has 6 heteroatoms. The van der Waals surface area contributed by atoms with Crippen LogP contribution in [0, 0.1) is 0 Å². The number of nitrogens with one attached hydrogen (secondary N) is 1. The van der Waals surface area contributed by atoms with Gasteiger partial charge in [0.2, 0.25) is 0 Å². The van der Waals surface area contributed by atoms with Gasteiger partial charge in [0.1, 0.15) is 11.6 Å². The van der Waals surface area contributed by atoms with E-state index in [0.717, 1.165) is 5.82 Å². The van der Waals surface area contributed by atoms with E-state index >= 15 is 0 Å². The number of anilines is 2. The molecule has 1 aromatic rings. The Kier molecular flexibility index (Phi) is 3.78. The normalized spacial score (nSPS) is 24.8. The van der Waals surface area contributed by atoms with Crippen molar-refractivity contribution in [3.8, 4) is 0 Å². The molecule has 94 valence electrons. The molecule has 1 aliphatic heterocycles. The molecule has 17 heavy (non-hydrogen) atoms. The van der Waals surface area contributed by atoms with Gasteiger partial charge in [-0.1, -0.05) is 6.07 Å². The van der Waals surface area contributed by atoms with E-state index in [1.807, 2.05) is 12.1 Å². The molecule has 1 aliphatic rings. The fourth-order valence-corrected chi connectivity index (χ4v) is 1.91. The van der Waals surface area contributed by atoms with E-state index in [1.54, 1.807) is 6.07 Å². The van der Waals surface area contributed by atoms with Gasteiger partial charge in [-0.15, -0.1) is 0 Å². The van der Waals surface area contributed by atoms with Crippen LogP contribution < -0.4 is 16.2 Å². The number of hydrazine groups is 1. The molecule has 0 radical (unpaired) electrons. The zero-order valence-electron chi connectivity index (χ0n) is 9.84. The van der Waals surface area contributed by atoms with Gasteiger partial charge in [-0.05, 0) is 19.1 Å². The van der Waals surface area contributed by atoms with Gasteiger partial charge in [0.25, 0.3) is 0 Å². The average molecular weight is 238 g/mol. The van der Waals surface area contributed by atoms with Gasteiger partial charge in [-0.2, -0.15) is 0 Å². The van der Waals surface area contributed by atoms with Crippen molar-refractivity contribution in [3.63, 3.8) is 0 Å². The maximum atomic E-state index is 9.14. The Morgan fingerprint density at radius 2 is 2.47 bits per heavy atom. The molecule has 2 heterocycles. The fraction of sp³-hybridized carbons (Fsp3) is 0.545. The summed E-state index contributed by atoms with van der Waals surface area (Å²) < 4.78 is 5.49. The second kappa shape index (κ2) is 5.31. The minimum absolute atomic E-state index is 0.0258. The number of morpholine rings is 1. The number of hydrogen-bond donors (Lipinski definition) is 3. The van der Waals surface area contributed by atoms with Gasteiger partial charge in [-0.25, -0.2) is 10.8 Å². The third kappa shape index (κ3) is 2.66. The molecular weight excluding hydrogens is 220 g/mol. The summed E-state index contributed by atoms with van der Waals surface area (Å²) in [5.41, 5.74) is 2.53. The quantitative estimate of drug-likeness (QED) is 0.506. The van der Waals surface area contributed by atoms with Gasteiger partial charge >= 0.3 is 0 Å². The molecule has 1 fully saturated rings. The van der Waals surface area contributed by atoms with Gasteiger partial charge < -0.3 is 20.2 Å². The molecule has 1 saturated heterocycles. The smallest absolute Gasteiger partial charge is 0.142 e. The monoisotopic (exact) mass is 238 g/mol. The SMILES string of the molecule is CC1COC(CO)CN1c1cccc(NN)n1. The first kappa shape index (κ1) is 12.1. The Hall–Kier alpha value is -1.37. The van der Waals surface area contributed by atoms with E-state index < -0.39 is 0 Å². The Morgan fingerprint density at radius 3 is 3.18 bits per heavy atom. The van der Waals surface area contributed by atoms with Crippen LogP contribution in [0.1, 0.15) is 6.92 Å². The lowest BCUT2D eigenvalue weighted by Gasteiger charge is -2.38. The highest BCUT2D eigenvalue weighted by atomic mass is 16.5. The number of hydrogen-bond acceptors (Lipinski definition) is 6. The lowest BCUT2D eigenvalue weighted by Crippen LogP contribution is -2.50. The molecule has 2 rings (SSSR count). The first-order valence-electron chi connectivity index (χ1n) is 5.67. The molecule has 0 saturated carbocycles. The molecular formula is C11H18N4O2. The summed E-state index contributed by atoms with van der Waals surface area (Å²) in [5, 5.41) is 9.14. The van der Waals surface area contributed by atoms with Crippen molar-refractivity contribution in [2.24, 2.45) is 5.84 Å². The van der Waals surface area contributed by atoms with Crippen molar-refractivity contribution in [2.75, 3.05) is 30.1 Å². The topological polar surface area (TPSA) is 83.6 Å². The summed E-state index contributed by atoms with van der Waals surface area (Å²) in [4.78, 5) is 6.50. The van der Waals surface area contributed by atoms with Crippen LogP contribution in [0.2, 0.25) is 0 Å². The number of nitrogen functional groups attached to an aromatic ring is 1. The van der Waals surface area contributed by atoms with Crippen molar-refractivity contribution in [1.82, 2.24) is 4.98 Å². The maximum absolute atomic E-state index is 9.14. The Balaban J connectivity index is 2.18. The number of aliphatic hydroxyl groups excluding tert-OH is 1. The summed E-state index contributed by atoms with van der Waals surface area (Å²) in [6, 6.07) is 5.86. The molecule has 0 aliphatic carbocycles. The molecule has 6 nitrogen and oxygen atoms in total. The van der Waals surface area contributed by atoms with Gasteiger partial charge in [0.15, 0.2) is 0 Å². The number of aliphatic hydroxyl groups is 1. The van der Waals surface area contributed by atoms with Crippen LogP contribution in [-0.2, 0) is 4.74 Å². The maximum Gasteiger partial charge on any atom is 0.142 e. The average Bonchev–Trinajstić information content (AvgIpc) is 2.39. The lowest BCUT2D eigenvalue weighted by atomic mass is 10.2.